The summed E-state index contributed by atoms with van der Waals surface area (Å²) in [5, 5.41) is 3.06. The van der Waals surface area contributed by atoms with E-state index in [2.05, 4.69) is 17.5 Å². The second-order valence-electron chi connectivity index (χ2n) is 11.1. The minimum Gasteiger partial charge on any atom is -0.378 e. The van der Waals surface area contributed by atoms with Crippen LogP contribution in [0.5, 0.6) is 0 Å². The Balaban J connectivity index is 1.50. The third-order valence-corrected chi connectivity index (χ3v) is 8.11. The molecule has 3 aromatic rings. The summed E-state index contributed by atoms with van der Waals surface area (Å²) in [7, 11) is 3.90. The van der Waals surface area contributed by atoms with Crippen molar-refractivity contribution in [3.63, 3.8) is 0 Å². The quantitative estimate of drug-likeness (QED) is 0.292. The molecule has 8 nitrogen and oxygen atoms in total. The SMILES string of the molecule is Cc1ccccc1CN(C(=O)CN1C(=O)C(=O)c2ccccc21)[C@@H](C(=O)Nc1ccc(N(C)C)cc1)[C@H]1CC=CCC1. The second kappa shape index (κ2) is 12.4. The van der Waals surface area contributed by atoms with Gasteiger partial charge in [0.1, 0.15) is 12.6 Å². The third-order valence-electron chi connectivity index (χ3n) is 8.11. The van der Waals surface area contributed by atoms with Crippen LogP contribution in [-0.4, -0.2) is 55.1 Å². The van der Waals surface area contributed by atoms with Gasteiger partial charge in [0, 0.05) is 32.0 Å². The van der Waals surface area contributed by atoms with Gasteiger partial charge in [-0.1, -0.05) is 48.6 Å². The number of rotatable bonds is 9. The van der Waals surface area contributed by atoms with Crippen LogP contribution in [0, 0.1) is 12.8 Å². The first-order valence-corrected chi connectivity index (χ1v) is 14.3. The van der Waals surface area contributed by atoms with Crippen molar-refractivity contribution in [2.24, 2.45) is 5.92 Å². The Morgan fingerprint density at radius 1 is 0.952 bits per heavy atom. The van der Waals surface area contributed by atoms with Crippen molar-refractivity contribution in [2.75, 3.05) is 35.8 Å². The first-order chi connectivity index (χ1) is 20.2. The number of benzene rings is 3. The predicted molar refractivity (Wildman–Crippen MR) is 165 cm³/mol. The van der Waals surface area contributed by atoms with E-state index in [-0.39, 0.29) is 30.5 Å². The van der Waals surface area contributed by atoms with Crippen molar-refractivity contribution in [3.05, 3.63) is 102 Å². The number of fused-ring (bicyclic) bond motifs is 1. The summed E-state index contributed by atoms with van der Waals surface area (Å²) in [5.41, 5.74) is 4.25. The van der Waals surface area contributed by atoms with Gasteiger partial charge in [0.2, 0.25) is 11.8 Å². The molecule has 0 bridgehead atoms. The maximum absolute atomic E-state index is 14.3. The number of ketones is 1. The van der Waals surface area contributed by atoms with Gasteiger partial charge in [-0.15, -0.1) is 0 Å². The molecule has 1 N–H and O–H groups in total. The minimum atomic E-state index is -0.792. The van der Waals surface area contributed by atoms with Gasteiger partial charge in [0.15, 0.2) is 0 Å². The van der Waals surface area contributed by atoms with Crippen molar-refractivity contribution in [1.29, 1.82) is 0 Å². The molecule has 5 rings (SSSR count). The molecule has 216 valence electrons. The second-order valence-corrected chi connectivity index (χ2v) is 11.1. The summed E-state index contributed by atoms with van der Waals surface area (Å²) in [6.45, 7) is 1.83. The van der Waals surface area contributed by atoms with Crippen LogP contribution in [0.1, 0.15) is 40.7 Å². The molecular formula is C34H36N4O4. The molecule has 2 aliphatic rings. The number of allylic oxidation sites excluding steroid dienone is 2. The fraction of sp³-hybridized carbons (Fsp3) is 0.294. The molecule has 2 atom stereocenters. The van der Waals surface area contributed by atoms with Crippen molar-refractivity contribution < 1.29 is 19.2 Å². The predicted octanol–water partition coefficient (Wildman–Crippen LogP) is 4.98. The van der Waals surface area contributed by atoms with Gasteiger partial charge < -0.3 is 15.1 Å². The summed E-state index contributed by atoms with van der Waals surface area (Å²) >= 11 is 0. The molecule has 0 spiro atoms. The van der Waals surface area contributed by atoms with Crippen molar-refractivity contribution in [2.45, 2.75) is 38.8 Å². The molecule has 0 saturated heterocycles. The van der Waals surface area contributed by atoms with Gasteiger partial charge in [-0.2, -0.15) is 0 Å². The van der Waals surface area contributed by atoms with Crippen LogP contribution in [0.15, 0.2) is 84.9 Å². The third kappa shape index (κ3) is 5.98. The van der Waals surface area contributed by atoms with Gasteiger partial charge in [0.05, 0.1) is 11.3 Å². The molecule has 0 saturated carbocycles. The highest BCUT2D eigenvalue weighted by Crippen LogP contribution is 2.31. The zero-order chi connectivity index (χ0) is 29.8. The number of para-hydroxylation sites is 1. The first kappa shape index (κ1) is 28.8. The Hall–Kier alpha value is -4.72. The summed E-state index contributed by atoms with van der Waals surface area (Å²) in [4.78, 5) is 58.8. The molecule has 3 aromatic carbocycles. The largest absolute Gasteiger partial charge is 0.378 e. The van der Waals surface area contributed by atoms with E-state index in [0.717, 1.165) is 29.7 Å². The van der Waals surface area contributed by atoms with Crippen LogP contribution >= 0.6 is 0 Å². The molecule has 0 fully saturated rings. The molecular weight excluding hydrogens is 528 g/mol. The average molecular weight is 565 g/mol. The Kier molecular flexibility index (Phi) is 8.52. The zero-order valence-corrected chi connectivity index (χ0v) is 24.2. The lowest BCUT2D eigenvalue weighted by atomic mass is 9.85. The average Bonchev–Trinajstić information content (AvgIpc) is 3.23. The van der Waals surface area contributed by atoms with Crippen molar-refractivity contribution in [3.8, 4) is 0 Å². The summed E-state index contributed by atoms with van der Waals surface area (Å²) in [6, 6.07) is 21.2. The van der Waals surface area contributed by atoms with E-state index in [1.165, 1.54) is 4.90 Å². The Morgan fingerprint density at radius 2 is 1.67 bits per heavy atom. The van der Waals surface area contributed by atoms with Gasteiger partial charge in [-0.3, -0.25) is 24.1 Å². The van der Waals surface area contributed by atoms with E-state index in [1.807, 2.05) is 74.4 Å². The number of amides is 3. The number of hydrogen-bond acceptors (Lipinski definition) is 5. The molecule has 3 amide bonds. The molecule has 42 heavy (non-hydrogen) atoms. The summed E-state index contributed by atoms with van der Waals surface area (Å²) in [6.07, 6.45) is 6.37. The standard InChI is InChI=1S/C34H36N4O4/c1-23-11-7-8-14-25(23)21-38(30(39)22-37-29-16-10-9-15-28(29)32(40)34(37)42)31(24-12-5-4-6-13-24)33(41)35-26-17-19-27(20-18-26)36(2)3/h4-5,7-11,14-20,24,31H,6,12-13,21-22H2,1-3H3,(H,35,41)/t24-,31+/m0/s1. The smallest absolute Gasteiger partial charge is 0.299 e. The lowest BCUT2D eigenvalue weighted by molar-refractivity contribution is -0.140. The van der Waals surface area contributed by atoms with E-state index in [4.69, 9.17) is 0 Å². The number of carbonyl (C=O) groups excluding carboxylic acids is 4. The summed E-state index contributed by atoms with van der Waals surface area (Å²) in [5.74, 6) is -2.15. The van der Waals surface area contributed by atoms with Gasteiger partial charge in [-0.25, -0.2) is 0 Å². The van der Waals surface area contributed by atoms with E-state index >= 15 is 0 Å². The Morgan fingerprint density at radius 3 is 2.36 bits per heavy atom. The summed E-state index contributed by atoms with van der Waals surface area (Å²) < 4.78 is 0. The number of hydrogen-bond donors (Lipinski definition) is 1. The topological polar surface area (TPSA) is 90.0 Å². The van der Waals surface area contributed by atoms with Crippen LogP contribution in [0.2, 0.25) is 0 Å². The highest BCUT2D eigenvalue weighted by atomic mass is 16.2. The van der Waals surface area contributed by atoms with E-state index in [1.54, 1.807) is 29.2 Å². The fourth-order valence-corrected chi connectivity index (χ4v) is 5.72. The van der Waals surface area contributed by atoms with Gasteiger partial charge in [-0.05, 0) is 79.6 Å². The van der Waals surface area contributed by atoms with Crippen LogP contribution in [-0.2, 0) is 20.9 Å². The monoisotopic (exact) mass is 564 g/mol. The Bertz CT molecular complexity index is 1530. The van der Waals surface area contributed by atoms with Crippen LogP contribution in [0.3, 0.4) is 0 Å². The van der Waals surface area contributed by atoms with Crippen molar-refractivity contribution in [1.82, 2.24) is 4.90 Å². The molecule has 1 aliphatic carbocycles. The highest BCUT2D eigenvalue weighted by Gasteiger charge is 2.41. The lowest BCUT2D eigenvalue weighted by Crippen LogP contribution is -2.54. The number of Topliss-reactive ketones (excluding diaryl/α,β-unsaturated/α-hetero) is 1. The minimum absolute atomic E-state index is 0.118. The van der Waals surface area contributed by atoms with Crippen LogP contribution in [0.25, 0.3) is 0 Å². The Labute approximate surface area is 246 Å². The molecule has 0 radical (unpaired) electrons. The van der Waals surface area contributed by atoms with Crippen LogP contribution < -0.4 is 15.1 Å². The van der Waals surface area contributed by atoms with E-state index in [0.29, 0.717) is 17.8 Å². The number of anilines is 3. The molecule has 1 heterocycles. The zero-order valence-electron chi connectivity index (χ0n) is 24.2. The maximum atomic E-state index is 14.3. The van der Waals surface area contributed by atoms with Gasteiger partial charge >= 0.3 is 0 Å². The number of carbonyl (C=O) groups is 4. The number of nitrogens with zero attached hydrogens (tertiary/aromatic N) is 3. The molecule has 0 unspecified atom stereocenters. The highest BCUT2D eigenvalue weighted by molar-refractivity contribution is 6.52. The van der Waals surface area contributed by atoms with E-state index < -0.39 is 23.6 Å². The fourth-order valence-electron chi connectivity index (χ4n) is 5.72. The van der Waals surface area contributed by atoms with Gasteiger partial charge in [0.25, 0.3) is 11.7 Å². The maximum Gasteiger partial charge on any atom is 0.299 e. The molecule has 1 aliphatic heterocycles. The van der Waals surface area contributed by atoms with Crippen LogP contribution in [0.4, 0.5) is 17.1 Å². The molecule has 0 aromatic heterocycles. The number of aryl methyl sites for hydroxylation is 1. The first-order valence-electron chi connectivity index (χ1n) is 14.3. The molecule has 8 heteroatoms. The lowest BCUT2D eigenvalue weighted by Gasteiger charge is -2.38. The van der Waals surface area contributed by atoms with Crippen molar-refractivity contribution >= 4 is 40.6 Å². The normalized spacial score (nSPS) is 16.6. The number of nitrogens with one attached hydrogen (secondary N) is 1. The van der Waals surface area contributed by atoms with E-state index in [9.17, 15) is 19.2 Å².